The van der Waals surface area contributed by atoms with Crippen molar-refractivity contribution in [1.29, 1.82) is 5.26 Å². The SMILES string of the molecule is N#Cc1ccccc1S(=O)(=O)Nc1ccc2nc(NC(=O)c3ccc[nH]3)sc2c1. The van der Waals surface area contributed by atoms with E-state index in [-0.39, 0.29) is 16.4 Å². The number of aromatic nitrogens is 2. The van der Waals surface area contributed by atoms with Crippen molar-refractivity contribution in [1.82, 2.24) is 9.97 Å². The number of sulfonamides is 1. The number of nitrogens with one attached hydrogen (secondary N) is 3. The zero-order valence-corrected chi connectivity index (χ0v) is 16.3. The van der Waals surface area contributed by atoms with Crippen LogP contribution in [0.3, 0.4) is 0 Å². The van der Waals surface area contributed by atoms with Crippen LogP contribution in [0.1, 0.15) is 16.1 Å². The first-order chi connectivity index (χ1) is 14.0. The second-order valence-electron chi connectivity index (χ2n) is 5.95. The zero-order valence-electron chi connectivity index (χ0n) is 14.7. The average molecular weight is 423 g/mol. The van der Waals surface area contributed by atoms with Gasteiger partial charge in [0.1, 0.15) is 16.7 Å². The Morgan fingerprint density at radius 2 is 1.97 bits per heavy atom. The Bertz CT molecular complexity index is 1350. The van der Waals surface area contributed by atoms with Gasteiger partial charge in [0.05, 0.1) is 21.5 Å². The van der Waals surface area contributed by atoms with Crippen LogP contribution in [-0.4, -0.2) is 24.3 Å². The Morgan fingerprint density at radius 1 is 1.14 bits per heavy atom. The summed E-state index contributed by atoms with van der Waals surface area (Å²) >= 11 is 1.22. The number of H-pyrrole nitrogens is 1. The van der Waals surface area contributed by atoms with Crippen LogP contribution in [0.2, 0.25) is 0 Å². The lowest BCUT2D eigenvalue weighted by molar-refractivity contribution is 0.102. The minimum Gasteiger partial charge on any atom is -0.357 e. The van der Waals surface area contributed by atoms with Crippen molar-refractivity contribution >= 4 is 48.3 Å². The van der Waals surface area contributed by atoms with E-state index in [1.54, 1.807) is 48.7 Å². The number of benzene rings is 2. The van der Waals surface area contributed by atoms with Crippen molar-refractivity contribution in [2.75, 3.05) is 10.0 Å². The molecule has 0 fully saturated rings. The average Bonchev–Trinajstić information content (AvgIpc) is 3.37. The molecule has 144 valence electrons. The van der Waals surface area contributed by atoms with Gasteiger partial charge in [-0.25, -0.2) is 13.4 Å². The maximum absolute atomic E-state index is 12.7. The van der Waals surface area contributed by atoms with Crippen molar-refractivity contribution in [2.45, 2.75) is 4.90 Å². The molecule has 0 saturated carbocycles. The number of anilines is 2. The summed E-state index contributed by atoms with van der Waals surface area (Å²) in [7, 11) is -3.93. The Labute approximate surface area is 169 Å². The molecule has 10 heteroatoms. The van der Waals surface area contributed by atoms with Crippen LogP contribution in [0.25, 0.3) is 10.2 Å². The van der Waals surface area contributed by atoms with Gasteiger partial charge in [0, 0.05) is 6.20 Å². The van der Waals surface area contributed by atoms with Crippen LogP contribution in [-0.2, 0) is 10.0 Å². The van der Waals surface area contributed by atoms with E-state index >= 15 is 0 Å². The highest BCUT2D eigenvalue weighted by atomic mass is 32.2. The third-order valence-corrected chi connectivity index (χ3v) is 6.37. The summed E-state index contributed by atoms with van der Waals surface area (Å²) in [5.41, 5.74) is 1.43. The monoisotopic (exact) mass is 423 g/mol. The molecular formula is C19H13N5O3S2. The summed E-state index contributed by atoms with van der Waals surface area (Å²) in [4.78, 5) is 19.2. The molecular weight excluding hydrogens is 410 g/mol. The molecule has 2 aromatic heterocycles. The summed E-state index contributed by atoms with van der Waals surface area (Å²) in [5.74, 6) is -0.317. The first-order valence-corrected chi connectivity index (χ1v) is 10.6. The van der Waals surface area contributed by atoms with Crippen LogP contribution < -0.4 is 10.0 Å². The predicted molar refractivity (Wildman–Crippen MR) is 110 cm³/mol. The highest BCUT2D eigenvalue weighted by molar-refractivity contribution is 7.92. The molecule has 29 heavy (non-hydrogen) atoms. The first kappa shape index (κ1) is 18.7. The van der Waals surface area contributed by atoms with E-state index in [2.05, 4.69) is 20.0 Å². The number of hydrogen-bond acceptors (Lipinski definition) is 6. The van der Waals surface area contributed by atoms with Crippen LogP contribution in [0, 0.1) is 11.3 Å². The molecule has 1 amide bonds. The molecule has 2 heterocycles. The molecule has 0 unspecified atom stereocenters. The predicted octanol–water partition coefficient (Wildman–Crippen LogP) is 3.55. The van der Waals surface area contributed by atoms with Crippen molar-refractivity contribution in [3.63, 3.8) is 0 Å². The summed E-state index contributed by atoms with van der Waals surface area (Å²) in [5, 5.41) is 12.2. The molecule has 0 saturated heterocycles. The minimum absolute atomic E-state index is 0.0631. The van der Waals surface area contributed by atoms with Gasteiger partial charge in [-0.15, -0.1) is 0 Å². The fraction of sp³-hybridized carbons (Fsp3) is 0. The van der Waals surface area contributed by atoms with Gasteiger partial charge in [-0.2, -0.15) is 5.26 Å². The number of aromatic amines is 1. The molecule has 0 aliphatic carbocycles. The first-order valence-electron chi connectivity index (χ1n) is 8.33. The largest absolute Gasteiger partial charge is 0.357 e. The number of carbonyl (C=O) groups is 1. The van der Waals surface area contributed by atoms with E-state index in [9.17, 15) is 13.2 Å². The number of carbonyl (C=O) groups excluding carboxylic acids is 1. The fourth-order valence-corrected chi connectivity index (χ4v) is 4.79. The molecule has 0 bridgehead atoms. The quantitative estimate of drug-likeness (QED) is 0.452. The van der Waals surface area contributed by atoms with Gasteiger partial charge in [-0.1, -0.05) is 23.5 Å². The van der Waals surface area contributed by atoms with Crippen LogP contribution >= 0.6 is 11.3 Å². The third kappa shape index (κ3) is 3.82. The van der Waals surface area contributed by atoms with Crippen molar-refractivity contribution < 1.29 is 13.2 Å². The Hall–Kier alpha value is -3.68. The second-order valence-corrected chi connectivity index (χ2v) is 8.63. The van der Waals surface area contributed by atoms with Gasteiger partial charge in [0.15, 0.2) is 5.13 Å². The van der Waals surface area contributed by atoms with Gasteiger partial charge in [0.2, 0.25) is 0 Å². The minimum atomic E-state index is -3.93. The van der Waals surface area contributed by atoms with E-state index in [4.69, 9.17) is 5.26 Å². The van der Waals surface area contributed by atoms with Crippen LogP contribution in [0.15, 0.2) is 65.7 Å². The molecule has 0 aliphatic heterocycles. The molecule has 0 atom stereocenters. The number of rotatable bonds is 5. The summed E-state index contributed by atoms with van der Waals surface area (Å²) in [6.07, 6.45) is 1.65. The van der Waals surface area contributed by atoms with Crippen LogP contribution in [0.4, 0.5) is 10.8 Å². The lowest BCUT2D eigenvalue weighted by Crippen LogP contribution is -2.14. The summed E-state index contributed by atoms with van der Waals surface area (Å²) in [6, 6.07) is 16.1. The summed E-state index contributed by atoms with van der Waals surface area (Å²) < 4.78 is 28.5. The highest BCUT2D eigenvalue weighted by Crippen LogP contribution is 2.29. The summed E-state index contributed by atoms with van der Waals surface area (Å²) in [6.45, 7) is 0. The third-order valence-electron chi connectivity index (χ3n) is 4.00. The zero-order chi connectivity index (χ0) is 20.4. The Kier molecular flexibility index (Phi) is 4.75. The van der Waals surface area contributed by atoms with E-state index in [1.807, 2.05) is 6.07 Å². The number of hydrogen-bond donors (Lipinski definition) is 3. The van der Waals surface area contributed by atoms with E-state index in [1.165, 1.54) is 23.5 Å². The lowest BCUT2D eigenvalue weighted by Gasteiger charge is -2.09. The maximum Gasteiger partial charge on any atom is 0.273 e. The van der Waals surface area contributed by atoms with Gasteiger partial charge in [0.25, 0.3) is 15.9 Å². The molecule has 0 spiro atoms. The van der Waals surface area contributed by atoms with Gasteiger partial charge >= 0.3 is 0 Å². The molecule has 8 nitrogen and oxygen atoms in total. The van der Waals surface area contributed by atoms with Crippen molar-refractivity contribution in [2.24, 2.45) is 0 Å². The van der Waals surface area contributed by atoms with Gasteiger partial charge in [-0.3, -0.25) is 14.8 Å². The number of amides is 1. The van der Waals surface area contributed by atoms with Gasteiger partial charge in [-0.05, 0) is 42.5 Å². The van der Waals surface area contributed by atoms with E-state index in [0.29, 0.717) is 26.7 Å². The Balaban J connectivity index is 1.59. The number of thiazole rings is 1. The molecule has 3 N–H and O–H groups in total. The van der Waals surface area contributed by atoms with E-state index < -0.39 is 10.0 Å². The molecule has 0 radical (unpaired) electrons. The van der Waals surface area contributed by atoms with E-state index in [0.717, 1.165) is 0 Å². The molecule has 0 aliphatic rings. The standard InChI is InChI=1S/C19H13N5O3S2/c20-11-12-4-1-2-6-17(12)29(26,27)24-13-7-8-14-16(10-13)28-19(22-14)23-18(25)15-5-3-9-21-15/h1-10,21,24H,(H,22,23,25). The maximum atomic E-state index is 12.7. The molecule has 4 aromatic rings. The van der Waals surface area contributed by atoms with Gasteiger partial charge < -0.3 is 4.98 Å². The van der Waals surface area contributed by atoms with Crippen molar-refractivity contribution in [3.8, 4) is 6.07 Å². The highest BCUT2D eigenvalue weighted by Gasteiger charge is 2.19. The number of nitrogens with zero attached hydrogens (tertiary/aromatic N) is 2. The second kappa shape index (κ2) is 7.38. The topological polar surface area (TPSA) is 128 Å². The number of fused-ring (bicyclic) bond motifs is 1. The fourth-order valence-electron chi connectivity index (χ4n) is 2.68. The Morgan fingerprint density at radius 3 is 2.72 bits per heavy atom. The lowest BCUT2D eigenvalue weighted by atomic mass is 10.2. The van der Waals surface area contributed by atoms with Crippen molar-refractivity contribution in [3.05, 3.63) is 72.1 Å². The molecule has 2 aromatic carbocycles. The smallest absolute Gasteiger partial charge is 0.273 e. The number of nitriles is 1. The van der Waals surface area contributed by atoms with Crippen LogP contribution in [0.5, 0.6) is 0 Å². The molecule has 4 rings (SSSR count). The normalized spacial score (nSPS) is 11.1.